The second kappa shape index (κ2) is 6.92. The van der Waals surface area contributed by atoms with Crippen LogP contribution in [0.25, 0.3) is 0 Å². The lowest BCUT2D eigenvalue weighted by Gasteiger charge is -2.19. The number of thioether (sulfide) groups is 1. The van der Waals surface area contributed by atoms with E-state index in [9.17, 15) is 9.59 Å². The molecule has 2 aromatic rings. The van der Waals surface area contributed by atoms with Crippen molar-refractivity contribution in [1.29, 1.82) is 0 Å². The van der Waals surface area contributed by atoms with Gasteiger partial charge >= 0.3 is 0 Å². The van der Waals surface area contributed by atoms with E-state index in [0.717, 1.165) is 28.8 Å². The van der Waals surface area contributed by atoms with E-state index in [1.165, 1.54) is 5.56 Å². The molecular formula is C20H21NO3S. The van der Waals surface area contributed by atoms with Crippen molar-refractivity contribution in [2.45, 2.75) is 37.9 Å². The summed E-state index contributed by atoms with van der Waals surface area (Å²) in [7, 11) is 0. The molecule has 130 valence electrons. The van der Waals surface area contributed by atoms with E-state index in [1.807, 2.05) is 36.4 Å². The molecule has 1 saturated heterocycles. The third-order valence-corrected chi connectivity index (χ3v) is 5.02. The summed E-state index contributed by atoms with van der Waals surface area (Å²) < 4.78 is 5.92. The lowest BCUT2D eigenvalue weighted by Crippen LogP contribution is -2.25. The molecule has 1 N–H and O–H groups in total. The molecule has 2 aromatic carbocycles. The van der Waals surface area contributed by atoms with Gasteiger partial charge < -0.3 is 4.74 Å². The van der Waals surface area contributed by atoms with Crippen LogP contribution in [0.1, 0.15) is 31.9 Å². The van der Waals surface area contributed by atoms with Crippen molar-refractivity contribution in [3.8, 4) is 11.5 Å². The first kappa shape index (κ1) is 17.5. The molecule has 1 aliphatic heterocycles. The van der Waals surface area contributed by atoms with Crippen molar-refractivity contribution in [3.63, 3.8) is 0 Å². The molecule has 2 amide bonds. The van der Waals surface area contributed by atoms with E-state index in [4.69, 9.17) is 4.74 Å². The van der Waals surface area contributed by atoms with Crippen molar-refractivity contribution in [2.75, 3.05) is 0 Å². The summed E-state index contributed by atoms with van der Waals surface area (Å²) in [5.41, 5.74) is 2.32. The zero-order valence-electron chi connectivity index (χ0n) is 14.5. The molecule has 25 heavy (non-hydrogen) atoms. The van der Waals surface area contributed by atoms with Gasteiger partial charge in [0.2, 0.25) is 5.91 Å². The molecule has 0 saturated carbocycles. The molecule has 1 fully saturated rings. The number of hydrogen-bond donors (Lipinski definition) is 1. The van der Waals surface area contributed by atoms with Crippen LogP contribution in [0, 0.1) is 0 Å². The van der Waals surface area contributed by atoms with E-state index in [0.29, 0.717) is 6.42 Å². The summed E-state index contributed by atoms with van der Waals surface area (Å²) in [4.78, 5) is 23.0. The number of benzene rings is 2. The van der Waals surface area contributed by atoms with E-state index in [-0.39, 0.29) is 21.8 Å². The number of hydrogen-bond acceptors (Lipinski definition) is 4. The van der Waals surface area contributed by atoms with E-state index in [2.05, 4.69) is 38.2 Å². The van der Waals surface area contributed by atoms with E-state index >= 15 is 0 Å². The predicted molar refractivity (Wildman–Crippen MR) is 100 cm³/mol. The van der Waals surface area contributed by atoms with Gasteiger partial charge in [-0.05, 0) is 47.2 Å². The van der Waals surface area contributed by atoms with Crippen LogP contribution in [0.3, 0.4) is 0 Å². The highest BCUT2D eigenvalue weighted by molar-refractivity contribution is 8.15. The number of imide groups is 1. The molecule has 5 heteroatoms. The first-order valence-corrected chi connectivity index (χ1v) is 9.08. The maximum atomic E-state index is 11.7. The second-order valence-corrected chi connectivity index (χ2v) is 8.29. The maximum absolute atomic E-state index is 11.7. The lowest BCUT2D eigenvalue weighted by molar-refractivity contribution is -0.118. The smallest absolute Gasteiger partial charge is 0.286 e. The summed E-state index contributed by atoms with van der Waals surface area (Å²) in [6.45, 7) is 6.52. The van der Waals surface area contributed by atoms with Crippen molar-refractivity contribution in [3.05, 3.63) is 59.7 Å². The highest BCUT2D eigenvalue weighted by Gasteiger charge is 2.31. The van der Waals surface area contributed by atoms with Crippen molar-refractivity contribution in [1.82, 2.24) is 5.32 Å². The first-order valence-electron chi connectivity index (χ1n) is 8.20. The highest BCUT2D eigenvalue weighted by atomic mass is 32.2. The topological polar surface area (TPSA) is 55.4 Å². The lowest BCUT2D eigenvalue weighted by atomic mass is 9.87. The maximum Gasteiger partial charge on any atom is 0.286 e. The summed E-state index contributed by atoms with van der Waals surface area (Å²) in [5.74, 6) is 1.27. The molecule has 0 bridgehead atoms. The fourth-order valence-electron chi connectivity index (χ4n) is 2.64. The fraction of sp³-hybridized carbons (Fsp3) is 0.300. The monoisotopic (exact) mass is 355 g/mol. The third-order valence-electron chi connectivity index (χ3n) is 4.04. The number of amides is 2. The van der Waals surface area contributed by atoms with Crippen molar-refractivity contribution in [2.24, 2.45) is 0 Å². The zero-order chi connectivity index (χ0) is 18.0. The Labute approximate surface area is 152 Å². The van der Waals surface area contributed by atoms with Gasteiger partial charge in [-0.2, -0.15) is 0 Å². The number of nitrogens with one attached hydrogen (secondary N) is 1. The Hall–Kier alpha value is -2.27. The third kappa shape index (κ3) is 4.42. The summed E-state index contributed by atoms with van der Waals surface area (Å²) >= 11 is 1.04. The Kier molecular flexibility index (Phi) is 4.86. The van der Waals surface area contributed by atoms with Crippen LogP contribution in [0.4, 0.5) is 4.79 Å². The normalized spacial score (nSPS) is 17.5. The first-order chi connectivity index (χ1) is 11.8. The SMILES string of the molecule is CC(C)(C)c1ccc(Oc2cccc(CC3SC(=O)NC3=O)c2)cc1. The Bertz CT molecular complexity index is 793. The minimum atomic E-state index is -0.367. The van der Waals surface area contributed by atoms with Crippen LogP contribution >= 0.6 is 11.8 Å². The Morgan fingerprint density at radius 1 is 1.04 bits per heavy atom. The quantitative estimate of drug-likeness (QED) is 0.866. The standard InChI is InChI=1S/C20H21NO3S/c1-20(2,3)14-7-9-15(10-8-14)24-16-6-4-5-13(11-16)12-17-18(22)21-19(23)25-17/h4-11,17H,12H2,1-3H3,(H,21,22,23). The molecular weight excluding hydrogens is 334 g/mol. The van der Waals surface area contributed by atoms with Crippen LogP contribution in [0.2, 0.25) is 0 Å². The molecule has 3 rings (SSSR count). The van der Waals surface area contributed by atoms with Crippen molar-refractivity contribution >= 4 is 22.9 Å². The molecule has 1 aliphatic rings. The van der Waals surface area contributed by atoms with Crippen LogP contribution in [-0.2, 0) is 16.6 Å². The van der Waals surface area contributed by atoms with Crippen LogP contribution in [0.15, 0.2) is 48.5 Å². The van der Waals surface area contributed by atoms with Gasteiger partial charge in [-0.3, -0.25) is 14.9 Å². The van der Waals surface area contributed by atoms with Crippen LogP contribution < -0.4 is 10.1 Å². The van der Waals surface area contributed by atoms with Crippen LogP contribution in [-0.4, -0.2) is 16.4 Å². The van der Waals surface area contributed by atoms with Gasteiger partial charge in [-0.1, -0.05) is 56.8 Å². The Morgan fingerprint density at radius 2 is 1.76 bits per heavy atom. The highest BCUT2D eigenvalue weighted by Crippen LogP contribution is 2.28. The number of ether oxygens (including phenoxy) is 1. The Balaban J connectivity index is 1.69. The second-order valence-electron chi connectivity index (χ2n) is 7.11. The van der Waals surface area contributed by atoms with Crippen LogP contribution in [0.5, 0.6) is 11.5 Å². The summed E-state index contributed by atoms with van der Waals surface area (Å²) in [6, 6.07) is 15.7. The molecule has 0 spiro atoms. The van der Waals surface area contributed by atoms with Gasteiger partial charge in [-0.25, -0.2) is 0 Å². The average Bonchev–Trinajstić information content (AvgIpc) is 2.85. The number of carbonyl (C=O) groups is 2. The number of carbonyl (C=O) groups excluding carboxylic acids is 2. The van der Waals surface area contributed by atoms with E-state index in [1.54, 1.807) is 0 Å². The molecule has 0 aliphatic carbocycles. The zero-order valence-corrected chi connectivity index (χ0v) is 15.4. The molecule has 0 aromatic heterocycles. The average molecular weight is 355 g/mol. The van der Waals surface area contributed by atoms with Gasteiger partial charge in [-0.15, -0.1) is 0 Å². The summed E-state index contributed by atoms with van der Waals surface area (Å²) in [5, 5.41) is 1.67. The molecule has 1 unspecified atom stereocenters. The molecule has 4 nitrogen and oxygen atoms in total. The predicted octanol–water partition coefficient (Wildman–Crippen LogP) is 4.67. The largest absolute Gasteiger partial charge is 0.457 e. The van der Waals surface area contributed by atoms with Gasteiger partial charge in [0, 0.05) is 0 Å². The minimum absolute atomic E-state index is 0.107. The van der Waals surface area contributed by atoms with Gasteiger partial charge in [0.05, 0.1) is 5.25 Å². The summed E-state index contributed by atoms with van der Waals surface area (Å²) in [6.07, 6.45) is 0.502. The molecule has 0 radical (unpaired) electrons. The van der Waals surface area contributed by atoms with Gasteiger partial charge in [0.25, 0.3) is 5.24 Å². The van der Waals surface area contributed by atoms with Gasteiger partial charge in [0.15, 0.2) is 0 Å². The minimum Gasteiger partial charge on any atom is -0.457 e. The molecule has 1 heterocycles. The number of rotatable bonds is 4. The van der Waals surface area contributed by atoms with Crippen molar-refractivity contribution < 1.29 is 14.3 Å². The fourth-order valence-corrected chi connectivity index (χ4v) is 3.50. The van der Waals surface area contributed by atoms with E-state index < -0.39 is 0 Å². The Morgan fingerprint density at radius 3 is 2.36 bits per heavy atom. The van der Waals surface area contributed by atoms with Gasteiger partial charge in [0.1, 0.15) is 11.5 Å². The molecule has 1 atom stereocenters.